The van der Waals surface area contributed by atoms with Crippen LogP contribution < -0.4 is 5.56 Å². The van der Waals surface area contributed by atoms with Gasteiger partial charge in [0.2, 0.25) is 0 Å². The van der Waals surface area contributed by atoms with Gasteiger partial charge in [0.15, 0.2) is 0 Å². The van der Waals surface area contributed by atoms with Crippen LogP contribution in [-0.4, -0.2) is 19.6 Å². The van der Waals surface area contributed by atoms with Crippen LogP contribution in [0, 0.1) is 6.92 Å². The summed E-state index contributed by atoms with van der Waals surface area (Å²) in [5.74, 6) is 0.391. The lowest BCUT2D eigenvalue weighted by Gasteiger charge is -2.05. The molecule has 96 valence electrons. The van der Waals surface area contributed by atoms with Crippen LogP contribution in [0.15, 0.2) is 35.4 Å². The Labute approximate surface area is 113 Å². The molecule has 3 rings (SSSR count). The summed E-state index contributed by atoms with van der Waals surface area (Å²) in [5, 5.41) is 3.44. The van der Waals surface area contributed by atoms with Crippen molar-refractivity contribution in [2.75, 3.05) is 0 Å². The van der Waals surface area contributed by atoms with E-state index >= 15 is 0 Å². The molecule has 6 heteroatoms. The lowest BCUT2D eigenvalue weighted by atomic mass is 10.1. The van der Waals surface area contributed by atoms with E-state index in [-0.39, 0.29) is 5.56 Å². The van der Waals surface area contributed by atoms with Crippen LogP contribution in [0.4, 0.5) is 0 Å². The van der Waals surface area contributed by atoms with E-state index < -0.39 is 0 Å². The minimum Gasteiger partial charge on any atom is -0.278 e. The Hall–Kier alpha value is -2.14. The molecule has 0 radical (unpaired) electrons. The topological polar surface area (TPSA) is 63.1 Å². The number of hydrogen-bond acceptors (Lipinski definition) is 3. The molecule has 5 nitrogen and oxygen atoms in total. The summed E-state index contributed by atoms with van der Waals surface area (Å²) < 4.78 is 1.35. The third kappa shape index (κ3) is 2.13. The average Bonchev–Trinajstić information content (AvgIpc) is 2.85. The van der Waals surface area contributed by atoms with Gasteiger partial charge in [-0.3, -0.25) is 9.89 Å². The molecule has 0 saturated heterocycles. The number of hydrogen-bond donors (Lipinski definition) is 1. The van der Waals surface area contributed by atoms with Crippen molar-refractivity contribution in [3.05, 3.63) is 62.8 Å². The molecular weight excluding hydrogens is 264 g/mol. The van der Waals surface area contributed by atoms with Gasteiger partial charge in [-0.25, -0.2) is 9.97 Å². The Morgan fingerprint density at radius 3 is 2.79 bits per heavy atom. The second-order valence-corrected chi connectivity index (χ2v) is 4.74. The number of aromatic amines is 1. The summed E-state index contributed by atoms with van der Waals surface area (Å²) >= 11 is 5.85. The summed E-state index contributed by atoms with van der Waals surface area (Å²) in [5.41, 5.74) is 2.26. The molecule has 0 fully saturated rings. The van der Waals surface area contributed by atoms with Crippen molar-refractivity contribution in [2.24, 2.45) is 0 Å². The fourth-order valence-electron chi connectivity index (χ4n) is 2.01. The normalized spacial score (nSPS) is 11.1. The quantitative estimate of drug-likeness (QED) is 0.777. The third-order valence-electron chi connectivity index (χ3n) is 3.03. The molecule has 1 aromatic carbocycles. The number of H-pyrrole nitrogens is 1. The lowest BCUT2D eigenvalue weighted by molar-refractivity contribution is 0.858. The van der Waals surface area contributed by atoms with Gasteiger partial charge in [-0.1, -0.05) is 23.7 Å². The summed E-state index contributed by atoms with van der Waals surface area (Å²) in [7, 11) is 0. The maximum atomic E-state index is 12.3. The van der Waals surface area contributed by atoms with E-state index in [9.17, 15) is 4.79 Å². The smallest absolute Gasteiger partial charge is 0.277 e. The first-order chi connectivity index (χ1) is 9.15. The molecule has 2 aromatic heterocycles. The van der Waals surface area contributed by atoms with Crippen molar-refractivity contribution < 1.29 is 0 Å². The molecule has 0 saturated carbocycles. The number of fused-ring (bicyclic) bond motifs is 1. The van der Waals surface area contributed by atoms with Crippen LogP contribution in [0.2, 0.25) is 5.02 Å². The molecule has 0 amide bonds. The molecule has 0 aliphatic carbocycles. The van der Waals surface area contributed by atoms with E-state index in [2.05, 4.69) is 15.1 Å². The molecule has 19 heavy (non-hydrogen) atoms. The number of nitrogens with zero attached hydrogens (tertiary/aromatic N) is 3. The van der Waals surface area contributed by atoms with Gasteiger partial charge < -0.3 is 0 Å². The molecular formula is C13H11ClN4O. The SMILES string of the molecule is Cc1nc2nc[nH]n2c(=O)c1Cc1ccc(Cl)cc1. The van der Waals surface area contributed by atoms with Crippen LogP contribution in [0.1, 0.15) is 16.8 Å². The third-order valence-corrected chi connectivity index (χ3v) is 3.28. The van der Waals surface area contributed by atoms with E-state index in [0.717, 1.165) is 5.56 Å². The van der Waals surface area contributed by atoms with Crippen molar-refractivity contribution in [1.82, 2.24) is 19.6 Å². The Bertz CT molecular complexity index is 789. The number of aromatic nitrogens is 4. The van der Waals surface area contributed by atoms with Gasteiger partial charge in [-0.2, -0.15) is 4.52 Å². The molecule has 0 atom stereocenters. The fraction of sp³-hybridized carbons (Fsp3) is 0.154. The minimum absolute atomic E-state index is 0.116. The van der Waals surface area contributed by atoms with Crippen molar-refractivity contribution in [3.63, 3.8) is 0 Å². The summed E-state index contributed by atoms with van der Waals surface area (Å²) in [4.78, 5) is 20.6. The summed E-state index contributed by atoms with van der Waals surface area (Å²) in [6, 6.07) is 7.43. The molecule has 2 heterocycles. The van der Waals surface area contributed by atoms with Crippen molar-refractivity contribution in [3.8, 4) is 0 Å². The van der Waals surface area contributed by atoms with Gasteiger partial charge in [-0.15, -0.1) is 0 Å². The highest BCUT2D eigenvalue weighted by Gasteiger charge is 2.11. The zero-order valence-corrected chi connectivity index (χ0v) is 11.0. The number of aryl methyl sites for hydroxylation is 1. The first-order valence-electron chi connectivity index (χ1n) is 5.81. The van der Waals surface area contributed by atoms with E-state index in [0.29, 0.717) is 28.5 Å². The van der Waals surface area contributed by atoms with E-state index in [4.69, 9.17) is 11.6 Å². The van der Waals surface area contributed by atoms with Crippen LogP contribution in [0.5, 0.6) is 0 Å². The van der Waals surface area contributed by atoms with Gasteiger partial charge >= 0.3 is 0 Å². The van der Waals surface area contributed by atoms with Gasteiger partial charge in [0.25, 0.3) is 11.3 Å². The fourth-order valence-corrected chi connectivity index (χ4v) is 2.13. The molecule has 0 aliphatic rings. The van der Waals surface area contributed by atoms with Crippen LogP contribution in [0.25, 0.3) is 5.78 Å². The zero-order chi connectivity index (χ0) is 13.4. The van der Waals surface area contributed by atoms with Crippen molar-refractivity contribution in [1.29, 1.82) is 0 Å². The zero-order valence-electron chi connectivity index (χ0n) is 10.2. The Morgan fingerprint density at radius 1 is 1.32 bits per heavy atom. The maximum absolute atomic E-state index is 12.3. The molecule has 0 unspecified atom stereocenters. The minimum atomic E-state index is -0.116. The van der Waals surface area contributed by atoms with Crippen LogP contribution in [0.3, 0.4) is 0 Å². The van der Waals surface area contributed by atoms with Gasteiger partial charge in [-0.05, 0) is 24.6 Å². The van der Waals surface area contributed by atoms with Crippen LogP contribution in [-0.2, 0) is 6.42 Å². The standard InChI is InChI=1S/C13H11ClN4O/c1-8-11(6-9-2-4-10(14)5-3-9)12(19)18-13(17-8)15-7-16-18/h2-5,7H,6H2,1H3,(H,15,16,17). The van der Waals surface area contributed by atoms with Gasteiger partial charge in [0.05, 0.1) is 5.69 Å². The number of benzene rings is 1. The highest BCUT2D eigenvalue weighted by molar-refractivity contribution is 6.30. The van der Waals surface area contributed by atoms with E-state index in [1.54, 1.807) is 0 Å². The summed E-state index contributed by atoms with van der Waals surface area (Å²) in [6.07, 6.45) is 1.98. The highest BCUT2D eigenvalue weighted by atomic mass is 35.5. The Morgan fingerprint density at radius 2 is 2.05 bits per heavy atom. The van der Waals surface area contributed by atoms with Crippen molar-refractivity contribution in [2.45, 2.75) is 13.3 Å². The average molecular weight is 275 g/mol. The number of halogens is 1. The second kappa shape index (κ2) is 4.51. The van der Waals surface area contributed by atoms with Gasteiger partial charge in [0.1, 0.15) is 6.33 Å². The monoisotopic (exact) mass is 274 g/mol. The molecule has 1 N–H and O–H groups in total. The Balaban J connectivity index is 2.09. The van der Waals surface area contributed by atoms with Gasteiger partial charge in [0, 0.05) is 17.0 Å². The number of nitrogens with one attached hydrogen (secondary N) is 1. The molecule has 3 aromatic rings. The molecule has 0 bridgehead atoms. The lowest BCUT2D eigenvalue weighted by Crippen LogP contribution is -2.22. The predicted molar refractivity (Wildman–Crippen MR) is 72.6 cm³/mol. The first kappa shape index (κ1) is 11.9. The summed E-state index contributed by atoms with van der Waals surface area (Å²) in [6.45, 7) is 1.82. The molecule has 0 spiro atoms. The highest BCUT2D eigenvalue weighted by Crippen LogP contribution is 2.13. The second-order valence-electron chi connectivity index (χ2n) is 4.31. The number of rotatable bonds is 2. The Kier molecular flexibility index (Phi) is 2.83. The maximum Gasteiger partial charge on any atom is 0.277 e. The predicted octanol–water partition coefficient (Wildman–Crippen LogP) is 1.97. The van der Waals surface area contributed by atoms with E-state index in [1.165, 1.54) is 10.8 Å². The molecule has 0 aliphatic heterocycles. The van der Waals surface area contributed by atoms with E-state index in [1.807, 2.05) is 31.2 Å². The van der Waals surface area contributed by atoms with Crippen LogP contribution >= 0.6 is 11.6 Å². The van der Waals surface area contributed by atoms with Crippen molar-refractivity contribution >= 4 is 17.4 Å². The largest absolute Gasteiger partial charge is 0.278 e. The first-order valence-corrected chi connectivity index (χ1v) is 6.19.